The van der Waals surface area contributed by atoms with Crippen LogP contribution in [0, 0.1) is 25.5 Å². The number of amidine groups is 1. The number of quaternary nitrogens is 1. The molecule has 3 aromatic rings. The standard InChI is InChI=1S/C36H40Cl2F6N6O4/c1-23-10-12-28(39)26(31(23)38)22-53-33(51)45-29-14-20-50(47-29,19-8-6-16-36(4,43)44)49(30-13-18-48(46-30)17-7-5-15-35(3,41)42)34(52)54-21-25-27(37)11-9-24(2)32(25)40/h9-14,18,20H,5-8,15-17,19,21-22H2,1-4H3/p+1. The van der Waals surface area contributed by atoms with Gasteiger partial charge in [0, 0.05) is 55.3 Å². The first-order chi connectivity index (χ1) is 25.3. The molecule has 0 saturated carbocycles. The van der Waals surface area contributed by atoms with Crippen LogP contribution in [0.15, 0.2) is 53.9 Å². The molecule has 54 heavy (non-hydrogen) atoms. The zero-order valence-electron chi connectivity index (χ0n) is 30.1. The Hall–Kier alpha value is -4.28. The molecule has 294 valence electrons. The number of hydrogen-bond acceptors (Lipinski definition) is 6. The second-order valence-corrected chi connectivity index (χ2v) is 14.0. The molecule has 1 N–H and O–H groups in total. The minimum Gasteiger partial charge on any atom is -0.444 e. The summed E-state index contributed by atoms with van der Waals surface area (Å²) in [5.74, 6) is -7.38. The van der Waals surface area contributed by atoms with Gasteiger partial charge in [0.15, 0.2) is 12.0 Å². The number of halogens is 8. The van der Waals surface area contributed by atoms with Crippen molar-refractivity contribution >= 4 is 47.0 Å². The first kappa shape index (κ1) is 42.5. The Morgan fingerprint density at radius 3 is 2.22 bits per heavy atom. The summed E-state index contributed by atoms with van der Waals surface area (Å²) in [4.78, 5) is 26.9. The van der Waals surface area contributed by atoms with Crippen LogP contribution >= 0.6 is 23.2 Å². The number of aromatic nitrogens is 2. The van der Waals surface area contributed by atoms with Crippen LogP contribution in [0.4, 0.5) is 41.7 Å². The average molecular weight is 807 g/mol. The molecular formula is C36H41Cl2F6N6O4+. The number of benzene rings is 2. The highest BCUT2D eigenvalue weighted by Crippen LogP contribution is 2.31. The van der Waals surface area contributed by atoms with Crippen molar-refractivity contribution in [2.24, 2.45) is 5.10 Å². The smallest absolute Gasteiger partial charge is 0.444 e. The molecule has 0 saturated heterocycles. The number of unbranched alkanes of at least 4 members (excludes halogenated alkanes) is 2. The lowest BCUT2D eigenvalue weighted by molar-refractivity contribution is -0.886. The second kappa shape index (κ2) is 17.9. The van der Waals surface area contributed by atoms with Crippen molar-refractivity contribution in [1.82, 2.24) is 15.1 Å². The van der Waals surface area contributed by atoms with E-state index in [9.17, 15) is 31.5 Å². The van der Waals surface area contributed by atoms with E-state index in [1.165, 1.54) is 60.4 Å². The number of amides is 2. The van der Waals surface area contributed by atoms with Crippen LogP contribution in [0.3, 0.4) is 0 Å². The van der Waals surface area contributed by atoms with Crippen molar-refractivity contribution < 1.29 is 50.1 Å². The number of aryl methyl sites for hydroxylation is 3. The highest BCUT2D eigenvalue weighted by Gasteiger charge is 2.46. The van der Waals surface area contributed by atoms with Gasteiger partial charge in [-0.25, -0.2) is 35.9 Å². The van der Waals surface area contributed by atoms with E-state index in [0.717, 1.165) is 18.9 Å². The van der Waals surface area contributed by atoms with Crippen molar-refractivity contribution in [1.29, 1.82) is 0 Å². The van der Waals surface area contributed by atoms with Gasteiger partial charge in [-0.1, -0.05) is 45.0 Å². The quantitative estimate of drug-likeness (QED) is 0.0883. The Morgan fingerprint density at radius 1 is 0.889 bits per heavy atom. The fourth-order valence-electron chi connectivity index (χ4n) is 5.50. The fourth-order valence-corrected chi connectivity index (χ4v) is 5.91. The molecule has 1 unspecified atom stereocenters. The Morgan fingerprint density at radius 2 is 1.54 bits per heavy atom. The maximum Gasteiger partial charge on any atom is 0.464 e. The third-order valence-electron chi connectivity index (χ3n) is 8.40. The monoisotopic (exact) mass is 805 g/mol. The first-order valence-electron chi connectivity index (χ1n) is 17.0. The van der Waals surface area contributed by atoms with Gasteiger partial charge >= 0.3 is 12.2 Å². The minimum absolute atomic E-state index is 0.000282. The third kappa shape index (κ3) is 11.6. The molecule has 0 radical (unpaired) electrons. The molecule has 4 rings (SSSR count). The van der Waals surface area contributed by atoms with Crippen LogP contribution in [-0.2, 0) is 29.2 Å². The Kier molecular flexibility index (Phi) is 14.1. The molecule has 0 spiro atoms. The van der Waals surface area contributed by atoms with Gasteiger partial charge in [0.2, 0.25) is 17.7 Å². The van der Waals surface area contributed by atoms with Crippen LogP contribution < -0.4 is 10.3 Å². The maximum atomic E-state index is 15.0. The SMILES string of the molecule is Cc1ccc(Cl)c(COC(=O)N(c2ccn(CCCCC(C)(F)F)n2)[N+]2(CCCCC(C)(F)F)C=CC(NC(=O)OCc3c(F)ccc(C)c3Cl)=N2)c1F. The number of alkyl halides is 4. The minimum atomic E-state index is -2.97. The van der Waals surface area contributed by atoms with Crippen LogP contribution in [0.1, 0.15) is 74.6 Å². The predicted octanol–water partition coefficient (Wildman–Crippen LogP) is 10.4. The number of nitrogens with zero attached hydrogens (tertiary/aromatic N) is 5. The number of carbonyl (C=O) groups excluding carboxylic acids is 2. The van der Waals surface area contributed by atoms with Gasteiger partial charge in [-0.05, 0) is 75.3 Å². The molecule has 1 atom stereocenters. The van der Waals surface area contributed by atoms with E-state index in [-0.39, 0.29) is 77.2 Å². The molecule has 2 amide bonds. The summed E-state index contributed by atoms with van der Waals surface area (Å²) in [6, 6.07) is 6.98. The number of alkyl carbamates (subject to hydrolysis) is 1. The molecule has 1 aliphatic heterocycles. The zero-order chi connectivity index (χ0) is 39.8. The molecular weight excluding hydrogens is 765 g/mol. The van der Waals surface area contributed by atoms with E-state index >= 15 is 4.39 Å². The van der Waals surface area contributed by atoms with Gasteiger partial charge in [0.05, 0.1) is 10.0 Å². The summed E-state index contributed by atoms with van der Waals surface area (Å²) in [5.41, 5.74) is 0.662. The van der Waals surface area contributed by atoms with Gasteiger partial charge in [-0.15, -0.1) is 5.10 Å². The fraction of sp³-hybridized carbons (Fsp3) is 0.444. The predicted molar refractivity (Wildman–Crippen MR) is 191 cm³/mol. The second-order valence-electron chi connectivity index (χ2n) is 13.2. The number of anilines is 1. The summed E-state index contributed by atoms with van der Waals surface area (Å²) < 4.78 is 95.1. The summed E-state index contributed by atoms with van der Waals surface area (Å²) >= 11 is 12.4. The van der Waals surface area contributed by atoms with Crippen molar-refractivity contribution in [3.63, 3.8) is 0 Å². The maximum absolute atomic E-state index is 15.0. The molecule has 0 bridgehead atoms. The van der Waals surface area contributed by atoms with Gasteiger partial charge < -0.3 is 9.47 Å². The van der Waals surface area contributed by atoms with Crippen molar-refractivity contribution in [2.75, 3.05) is 11.6 Å². The average Bonchev–Trinajstić information content (AvgIpc) is 3.71. The van der Waals surface area contributed by atoms with Crippen LogP contribution in [0.5, 0.6) is 0 Å². The Labute approximate surface area is 318 Å². The number of rotatable bonds is 16. The third-order valence-corrected chi connectivity index (χ3v) is 9.28. The summed E-state index contributed by atoms with van der Waals surface area (Å²) in [6.07, 6.45) is 1.84. The van der Waals surface area contributed by atoms with E-state index in [4.69, 9.17) is 32.7 Å². The molecule has 0 aliphatic carbocycles. The van der Waals surface area contributed by atoms with E-state index in [1.54, 1.807) is 6.92 Å². The lowest BCUT2D eigenvalue weighted by Gasteiger charge is -2.33. The summed E-state index contributed by atoms with van der Waals surface area (Å²) in [5, 5.41) is 12.5. The lowest BCUT2D eigenvalue weighted by atomic mass is 10.1. The molecule has 10 nitrogen and oxygen atoms in total. The summed E-state index contributed by atoms with van der Waals surface area (Å²) in [7, 11) is 0. The van der Waals surface area contributed by atoms with E-state index in [2.05, 4.69) is 15.5 Å². The van der Waals surface area contributed by atoms with Crippen LogP contribution in [-0.4, -0.2) is 50.9 Å². The van der Waals surface area contributed by atoms with Crippen molar-refractivity contribution in [3.05, 3.63) is 92.7 Å². The molecule has 1 aromatic heterocycles. The zero-order valence-corrected chi connectivity index (χ0v) is 31.6. The largest absolute Gasteiger partial charge is 0.464 e. The number of carbonyl (C=O) groups is 2. The highest BCUT2D eigenvalue weighted by molar-refractivity contribution is 6.32. The molecule has 2 aromatic carbocycles. The normalized spacial score (nSPS) is 15.7. The van der Waals surface area contributed by atoms with Gasteiger partial charge in [0.25, 0.3) is 0 Å². The van der Waals surface area contributed by atoms with Crippen LogP contribution in [0.2, 0.25) is 10.0 Å². The van der Waals surface area contributed by atoms with Crippen molar-refractivity contribution in [3.8, 4) is 0 Å². The van der Waals surface area contributed by atoms with Crippen molar-refractivity contribution in [2.45, 2.75) is 97.8 Å². The van der Waals surface area contributed by atoms with Gasteiger partial charge in [-0.3, -0.25) is 10.00 Å². The van der Waals surface area contributed by atoms with Gasteiger partial charge in [-0.2, -0.15) is 0 Å². The molecule has 1 aliphatic rings. The topological polar surface area (TPSA) is 98.1 Å². The van der Waals surface area contributed by atoms with Crippen LogP contribution in [0.25, 0.3) is 0 Å². The number of ether oxygens (including phenoxy) is 2. The highest BCUT2D eigenvalue weighted by atomic mass is 35.5. The van der Waals surface area contributed by atoms with Gasteiger partial charge in [0.1, 0.15) is 31.4 Å². The first-order valence-corrected chi connectivity index (χ1v) is 17.8. The Bertz CT molecular complexity index is 1880. The molecule has 18 heteroatoms. The lowest BCUT2D eigenvalue weighted by Crippen LogP contribution is -2.56. The van der Waals surface area contributed by atoms with E-state index < -0.39 is 60.0 Å². The number of nitrogens with one attached hydrogen (secondary N) is 1. The molecule has 0 fully saturated rings. The van der Waals surface area contributed by atoms with E-state index in [0.29, 0.717) is 12.0 Å². The summed E-state index contributed by atoms with van der Waals surface area (Å²) in [6.45, 7) is 3.71. The van der Waals surface area contributed by atoms with E-state index in [1.807, 2.05) is 0 Å². The Balaban J connectivity index is 1.65. The number of hydrogen-bond donors (Lipinski definition) is 1. The molecule has 2 heterocycles.